The van der Waals surface area contributed by atoms with Crippen LogP contribution < -0.4 is 21.3 Å². The summed E-state index contributed by atoms with van der Waals surface area (Å²) < 4.78 is 5.01. The third kappa shape index (κ3) is 9.41. The highest BCUT2D eigenvalue weighted by Gasteiger charge is 2.28. The minimum absolute atomic E-state index is 0.0449. The summed E-state index contributed by atoms with van der Waals surface area (Å²) in [6, 6.07) is 38.1. The number of benzene rings is 5. The van der Waals surface area contributed by atoms with Crippen LogP contribution >= 0.6 is 23.1 Å². The first kappa shape index (κ1) is 39.2. The number of rotatable bonds is 13. The predicted molar refractivity (Wildman–Crippen MR) is 224 cm³/mol. The van der Waals surface area contributed by atoms with Gasteiger partial charge >= 0.3 is 5.97 Å². The van der Waals surface area contributed by atoms with Gasteiger partial charge in [-0.05, 0) is 83.8 Å². The molecule has 0 fully saturated rings. The SMILES string of the molecule is CCC(Sc1cccc(NC(=O)/C(=C\c2cccc3ccccc23)NC(=O)c2ccccc2)c1)C(=O)Nc1sc(C(=O)Nc2ccccc2)c(C)c1C(=O)OC. The number of thiophene rings is 1. The van der Waals surface area contributed by atoms with Gasteiger partial charge in [0.2, 0.25) is 5.91 Å². The fourth-order valence-electron chi connectivity index (χ4n) is 5.87. The van der Waals surface area contributed by atoms with Gasteiger partial charge in [0.1, 0.15) is 10.7 Å². The number of methoxy groups -OCH3 is 1. The standard InChI is InChI=1S/C44H38N4O6S2/c1-4-36(41(51)48-43-37(44(53)54-3)27(2)38(56-43)42(52)45-31-20-9-6-10-21-31)55-33-23-14-22-32(26-33)46-40(50)35(47-39(49)29-16-7-5-8-17-29)25-30-19-13-18-28-15-11-12-24-34(28)30/h5-26,36H,4H2,1-3H3,(H,45,52)(H,46,50)(H,47,49)(H,48,51)/b35-25+. The number of carbonyl (C=O) groups excluding carboxylic acids is 5. The van der Waals surface area contributed by atoms with Crippen molar-refractivity contribution in [2.24, 2.45) is 0 Å². The molecule has 4 amide bonds. The minimum Gasteiger partial charge on any atom is -0.465 e. The maximum atomic E-state index is 13.9. The van der Waals surface area contributed by atoms with Crippen molar-refractivity contribution in [3.8, 4) is 0 Å². The first-order valence-corrected chi connectivity index (χ1v) is 19.4. The number of fused-ring (bicyclic) bond motifs is 1. The Bertz CT molecular complexity index is 2440. The molecule has 0 saturated carbocycles. The number of hydrogen-bond acceptors (Lipinski definition) is 8. The molecule has 6 aromatic rings. The van der Waals surface area contributed by atoms with Crippen molar-refractivity contribution in [2.45, 2.75) is 30.4 Å². The van der Waals surface area contributed by atoms with E-state index >= 15 is 0 Å². The van der Waals surface area contributed by atoms with E-state index < -0.39 is 28.9 Å². The zero-order chi connectivity index (χ0) is 39.6. The van der Waals surface area contributed by atoms with E-state index in [0.29, 0.717) is 33.8 Å². The Kier molecular flexibility index (Phi) is 12.8. The van der Waals surface area contributed by atoms with E-state index in [1.54, 1.807) is 85.8 Å². The highest BCUT2D eigenvalue weighted by Crippen LogP contribution is 2.36. The number of esters is 1. The summed E-state index contributed by atoms with van der Waals surface area (Å²) in [5.41, 5.74) is 2.74. The highest BCUT2D eigenvalue weighted by atomic mass is 32.2. The van der Waals surface area contributed by atoms with E-state index in [9.17, 15) is 24.0 Å². The summed E-state index contributed by atoms with van der Waals surface area (Å²) in [6.45, 7) is 3.50. The smallest absolute Gasteiger partial charge is 0.341 e. The largest absolute Gasteiger partial charge is 0.465 e. The molecular formula is C44H38N4O6S2. The zero-order valence-corrected chi connectivity index (χ0v) is 32.4. The van der Waals surface area contributed by atoms with Gasteiger partial charge in [0.15, 0.2) is 0 Å². The van der Waals surface area contributed by atoms with Crippen molar-refractivity contribution >= 4 is 85.9 Å². The van der Waals surface area contributed by atoms with Crippen LogP contribution in [-0.4, -0.2) is 42.0 Å². The molecule has 0 aliphatic rings. The number of hydrogen-bond donors (Lipinski definition) is 4. The molecule has 10 nitrogen and oxygen atoms in total. The molecule has 0 radical (unpaired) electrons. The first-order chi connectivity index (χ1) is 27.1. The number of ether oxygens (including phenoxy) is 1. The summed E-state index contributed by atoms with van der Waals surface area (Å²) >= 11 is 2.28. The molecule has 282 valence electrons. The lowest BCUT2D eigenvalue weighted by molar-refractivity contribution is -0.116. The van der Waals surface area contributed by atoms with Gasteiger partial charge in [-0.1, -0.05) is 91.9 Å². The van der Waals surface area contributed by atoms with Crippen molar-refractivity contribution in [3.05, 3.63) is 160 Å². The second kappa shape index (κ2) is 18.2. The van der Waals surface area contributed by atoms with Gasteiger partial charge in [-0.15, -0.1) is 23.1 Å². The van der Waals surface area contributed by atoms with E-state index in [2.05, 4.69) is 21.3 Å². The van der Waals surface area contributed by atoms with E-state index in [-0.39, 0.29) is 27.0 Å². The Morgan fingerprint density at radius 2 is 1.41 bits per heavy atom. The summed E-state index contributed by atoms with van der Waals surface area (Å²) in [5, 5.41) is 12.9. The van der Waals surface area contributed by atoms with Gasteiger partial charge in [-0.3, -0.25) is 19.2 Å². The first-order valence-electron chi connectivity index (χ1n) is 17.7. The summed E-state index contributed by atoms with van der Waals surface area (Å²) in [5.74, 6) is -2.44. The minimum atomic E-state index is -0.675. The van der Waals surface area contributed by atoms with Crippen LogP contribution in [-0.2, 0) is 14.3 Å². The Balaban J connectivity index is 1.20. The third-order valence-corrected chi connectivity index (χ3v) is 11.3. The fourth-order valence-corrected chi connectivity index (χ4v) is 7.98. The molecule has 0 saturated heterocycles. The molecule has 5 aromatic carbocycles. The average Bonchev–Trinajstić information content (AvgIpc) is 3.55. The van der Waals surface area contributed by atoms with Crippen molar-refractivity contribution in [1.82, 2.24) is 5.32 Å². The number of thioether (sulfide) groups is 1. The summed E-state index contributed by atoms with van der Waals surface area (Å²) in [6.07, 6.45) is 2.08. The average molecular weight is 783 g/mol. The van der Waals surface area contributed by atoms with Gasteiger partial charge < -0.3 is 26.0 Å². The third-order valence-electron chi connectivity index (χ3n) is 8.70. The van der Waals surface area contributed by atoms with Gasteiger partial charge in [0, 0.05) is 21.8 Å². The number of anilines is 3. The van der Waals surface area contributed by atoms with Crippen LogP contribution in [0, 0.1) is 6.92 Å². The Labute approximate surface area is 332 Å². The van der Waals surface area contributed by atoms with E-state index in [1.807, 2.05) is 61.5 Å². The topological polar surface area (TPSA) is 143 Å². The van der Waals surface area contributed by atoms with Gasteiger partial charge in [0.05, 0.1) is 22.8 Å². The van der Waals surface area contributed by atoms with Crippen LogP contribution in [0.4, 0.5) is 16.4 Å². The van der Waals surface area contributed by atoms with Gasteiger partial charge in [0.25, 0.3) is 17.7 Å². The van der Waals surface area contributed by atoms with Gasteiger partial charge in [-0.2, -0.15) is 0 Å². The van der Waals surface area contributed by atoms with Crippen molar-refractivity contribution in [2.75, 3.05) is 23.1 Å². The second-order valence-electron chi connectivity index (χ2n) is 12.5. The Morgan fingerprint density at radius 1 is 0.750 bits per heavy atom. The molecule has 12 heteroatoms. The van der Waals surface area contributed by atoms with Crippen molar-refractivity contribution < 1.29 is 28.7 Å². The molecule has 0 bridgehead atoms. The van der Waals surface area contributed by atoms with Crippen LogP contribution in [0.3, 0.4) is 0 Å². The van der Waals surface area contributed by atoms with E-state index in [1.165, 1.54) is 18.9 Å². The molecule has 0 aliphatic heterocycles. The molecule has 1 atom stereocenters. The molecule has 1 aromatic heterocycles. The molecule has 0 spiro atoms. The lowest BCUT2D eigenvalue weighted by atomic mass is 10.0. The lowest BCUT2D eigenvalue weighted by Crippen LogP contribution is -2.30. The van der Waals surface area contributed by atoms with Crippen LogP contribution in [0.2, 0.25) is 0 Å². The normalized spacial score (nSPS) is 11.7. The monoisotopic (exact) mass is 782 g/mol. The summed E-state index contributed by atoms with van der Waals surface area (Å²) in [7, 11) is 1.24. The number of para-hydroxylation sites is 1. The lowest BCUT2D eigenvalue weighted by Gasteiger charge is -2.16. The molecule has 0 aliphatic carbocycles. The van der Waals surface area contributed by atoms with E-state index in [4.69, 9.17) is 4.74 Å². The van der Waals surface area contributed by atoms with Crippen molar-refractivity contribution in [1.29, 1.82) is 0 Å². The quantitative estimate of drug-likeness (QED) is 0.0520. The van der Waals surface area contributed by atoms with Crippen LogP contribution in [0.1, 0.15) is 54.9 Å². The maximum Gasteiger partial charge on any atom is 0.341 e. The zero-order valence-electron chi connectivity index (χ0n) is 30.8. The molecule has 1 unspecified atom stereocenters. The fraction of sp³-hybridized carbons (Fsp3) is 0.114. The Hall–Kier alpha value is -6.50. The highest BCUT2D eigenvalue weighted by molar-refractivity contribution is 8.00. The number of nitrogens with one attached hydrogen (secondary N) is 4. The van der Waals surface area contributed by atoms with Crippen LogP contribution in [0.25, 0.3) is 16.8 Å². The molecule has 1 heterocycles. The van der Waals surface area contributed by atoms with E-state index in [0.717, 1.165) is 27.7 Å². The Morgan fingerprint density at radius 3 is 2.14 bits per heavy atom. The molecular weight excluding hydrogens is 745 g/mol. The number of amides is 4. The van der Waals surface area contributed by atoms with Crippen LogP contribution in [0.15, 0.2) is 138 Å². The molecule has 6 rings (SSSR count). The van der Waals surface area contributed by atoms with Crippen molar-refractivity contribution in [3.63, 3.8) is 0 Å². The number of carbonyl (C=O) groups is 5. The summed E-state index contributed by atoms with van der Waals surface area (Å²) in [4.78, 5) is 67.9. The maximum absolute atomic E-state index is 13.9. The predicted octanol–water partition coefficient (Wildman–Crippen LogP) is 9.17. The second-order valence-corrected chi connectivity index (χ2v) is 14.8. The van der Waals surface area contributed by atoms with Gasteiger partial charge in [-0.25, -0.2) is 4.79 Å². The van der Waals surface area contributed by atoms with Crippen LogP contribution in [0.5, 0.6) is 0 Å². The molecule has 4 N–H and O–H groups in total. The molecule has 56 heavy (non-hydrogen) atoms.